The maximum atomic E-state index is 10.6. The molecule has 140 valence electrons. The third kappa shape index (κ3) is 9.55. The normalized spacial score (nSPS) is 9.32. The molecule has 0 fully saturated rings. The number of unbranched alkanes of at least 4 members (excludes halogenated alkanes) is 1. The van der Waals surface area contributed by atoms with Gasteiger partial charge in [-0.15, -0.1) is 0 Å². The third-order valence-corrected chi connectivity index (χ3v) is 2.75. The van der Waals surface area contributed by atoms with Crippen molar-refractivity contribution in [2.75, 3.05) is 6.61 Å². The van der Waals surface area contributed by atoms with Crippen LogP contribution in [0.4, 0.5) is 0 Å². The molecule has 1 aromatic heterocycles. The largest absolute Gasteiger partial charge is 0.494 e. The molecule has 2 rings (SSSR count). The number of aliphatic carboxylic acids is 1. The lowest BCUT2D eigenvalue weighted by atomic mass is 10.2. The average molecular weight is 349 g/mol. The van der Waals surface area contributed by atoms with E-state index >= 15 is 0 Å². The lowest BCUT2D eigenvalue weighted by Gasteiger charge is -2.05. The molecule has 0 aliphatic carbocycles. The van der Waals surface area contributed by atoms with Crippen LogP contribution in [-0.4, -0.2) is 22.7 Å². The van der Waals surface area contributed by atoms with Crippen LogP contribution in [0.2, 0.25) is 0 Å². The summed E-state index contributed by atoms with van der Waals surface area (Å²) < 4.78 is 10.8. The van der Waals surface area contributed by atoms with E-state index in [9.17, 15) is 4.79 Å². The quantitative estimate of drug-likeness (QED) is 0.660. The van der Waals surface area contributed by atoms with Gasteiger partial charge < -0.3 is 14.3 Å². The number of rotatable bonds is 7. The maximum Gasteiger partial charge on any atom is 0.309 e. The van der Waals surface area contributed by atoms with E-state index in [0.29, 0.717) is 18.2 Å². The van der Waals surface area contributed by atoms with Crippen LogP contribution >= 0.6 is 0 Å². The molecule has 0 radical (unpaired) electrons. The molecular weight excluding hydrogens is 318 g/mol. The number of aromatic nitrogens is 1. The van der Waals surface area contributed by atoms with Gasteiger partial charge in [-0.3, -0.25) is 4.79 Å². The van der Waals surface area contributed by atoms with Crippen molar-refractivity contribution in [3.05, 3.63) is 36.2 Å². The van der Waals surface area contributed by atoms with E-state index in [4.69, 9.17) is 14.3 Å². The smallest absolute Gasteiger partial charge is 0.309 e. The molecule has 5 heteroatoms. The number of carboxylic acids is 1. The monoisotopic (exact) mass is 349 g/mol. The zero-order valence-electron chi connectivity index (χ0n) is 16.0. The van der Waals surface area contributed by atoms with Crippen molar-refractivity contribution in [3.63, 3.8) is 0 Å². The zero-order valence-corrected chi connectivity index (χ0v) is 16.0. The Morgan fingerprint density at radius 2 is 1.76 bits per heavy atom. The fourth-order valence-corrected chi connectivity index (χ4v) is 1.70. The van der Waals surface area contributed by atoms with Gasteiger partial charge in [0.05, 0.1) is 18.7 Å². The summed E-state index contributed by atoms with van der Waals surface area (Å²) in [5, 5.41) is 8.69. The molecule has 1 aromatic carbocycles. The van der Waals surface area contributed by atoms with E-state index in [2.05, 4.69) is 25.8 Å². The van der Waals surface area contributed by atoms with E-state index in [-0.39, 0.29) is 6.42 Å². The van der Waals surface area contributed by atoms with Crippen LogP contribution in [-0.2, 0) is 11.2 Å². The first kappa shape index (κ1) is 22.7. The number of hydrogen-bond donors (Lipinski definition) is 1. The minimum Gasteiger partial charge on any atom is -0.494 e. The molecule has 0 saturated heterocycles. The highest BCUT2D eigenvalue weighted by Gasteiger charge is 2.09. The second-order valence-corrected chi connectivity index (χ2v) is 5.15. The maximum absolute atomic E-state index is 10.6. The Labute approximate surface area is 151 Å². The van der Waals surface area contributed by atoms with Crippen LogP contribution in [0, 0.1) is 0 Å². The molecule has 0 bridgehead atoms. The van der Waals surface area contributed by atoms with E-state index < -0.39 is 5.97 Å². The molecule has 2 aromatic rings. The molecule has 0 amide bonds. The van der Waals surface area contributed by atoms with Crippen molar-refractivity contribution in [2.45, 2.75) is 60.3 Å². The average Bonchev–Trinajstić information content (AvgIpc) is 3.06. The standard InChI is InChI=1S/C15H17NO4.C3H8.C2H6/c1-2-3-8-19-13-6-4-11(5-7-13)15-16-12(10-20-15)9-14(17)18;1-3-2;1-2/h4-7,10H,2-3,8-9H2,1H3,(H,17,18);3H2,1-2H3;1-2H3. The summed E-state index contributed by atoms with van der Waals surface area (Å²) in [6.07, 6.45) is 4.61. The number of carboxylic acid groups (broad SMARTS) is 1. The predicted octanol–water partition coefficient (Wildman–Crippen LogP) is 5.59. The summed E-state index contributed by atoms with van der Waals surface area (Å²) in [4.78, 5) is 14.7. The molecule has 0 saturated carbocycles. The van der Waals surface area contributed by atoms with Gasteiger partial charge in [0.2, 0.25) is 5.89 Å². The molecule has 0 atom stereocenters. The lowest BCUT2D eigenvalue weighted by Crippen LogP contribution is -1.99. The molecular formula is C20H31NO4. The Balaban J connectivity index is 0.00000104. The van der Waals surface area contributed by atoms with E-state index in [1.165, 1.54) is 12.7 Å². The van der Waals surface area contributed by atoms with Gasteiger partial charge in [-0.1, -0.05) is 47.5 Å². The first-order chi connectivity index (χ1) is 12.1. The molecule has 0 unspecified atom stereocenters. The lowest BCUT2D eigenvalue weighted by molar-refractivity contribution is -0.136. The molecule has 0 aliphatic rings. The highest BCUT2D eigenvalue weighted by molar-refractivity contribution is 5.69. The molecule has 0 spiro atoms. The number of ether oxygens (including phenoxy) is 1. The van der Waals surface area contributed by atoms with Gasteiger partial charge in [0.25, 0.3) is 0 Å². The van der Waals surface area contributed by atoms with E-state index in [1.54, 1.807) is 0 Å². The third-order valence-electron chi connectivity index (χ3n) is 2.75. The van der Waals surface area contributed by atoms with Crippen molar-refractivity contribution in [2.24, 2.45) is 0 Å². The van der Waals surface area contributed by atoms with Crippen LogP contribution < -0.4 is 4.74 Å². The van der Waals surface area contributed by atoms with Crippen LogP contribution in [0.15, 0.2) is 34.9 Å². The minimum absolute atomic E-state index is 0.137. The summed E-state index contributed by atoms with van der Waals surface area (Å²) >= 11 is 0. The molecule has 0 aliphatic heterocycles. The Bertz CT molecular complexity index is 576. The van der Waals surface area contributed by atoms with E-state index in [0.717, 1.165) is 24.2 Å². The van der Waals surface area contributed by atoms with Gasteiger partial charge in [0.1, 0.15) is 12.0 Å². The van der Waals surface area contributed by atoms with Crippen molar-refractivity contribution in [1.29, 1.82) is 0 Å². The molecule has 5 nitrogen and oxygen atoms in total. The second kappa shape index (κ2) is 14.1. The summed E-state index contributed by atoms with van der Waals surface area (Å²) in [5.41, 5.74) is 1.21. The first-order valence-electron chi connectivity index (χ1n) is 9.00. The van der Waals surface area contributed by atoms with Crippen molar-refractivity contribution in [3.8, 4) is 17.2 Å². The molecule has 1 heterocycles. The Hall–Kier alpha value is -2.30. The fourth-order valence-electron chi connectivity index (χ4n) is 1.70. The topological polar surface area (TPSA) is 72.6 Å². The number of benzene rings is 1. The number of oxazole rings is 1. The van der Waals surface area contributed by atoms with Crippen molar-refractivity contribution < 1.29 is 19.1 Å². The van der Waals surface area contributed by atoms with Crippen molar-refractivity contribution in [1.82, 2.24) is 4.98 Å². The Morgan fingerprint density at radius 1 is 1.16 bits per heavy atom. The number of hydrogen-bond acceptors (Lipinski definition) is 4. The number of carbonyl (C=O) groups is 1. The van der Waals surface area contributed by atoms with Gasteiger partial charge in [-0.2, -0.15) is 0 Å². The van der Waals surface area contributed by atoms with Gasteiger partial charge in [0, 0.05) is 5.56 Å². The summed E-state index contributed by atoms with van der Waals surface area (Å²) in [7, 11) is 0. The van der Waals surface area contributed by atoms with E-state index in [1.807, 2.05) is 38.1 Å². The predicted molar refractivity (Wildman–Crippen MR) is 101 cm³/mol. The van der Waals surface area contributed by atoms with Crippen LogP contribution in [0.5, 0.6) is 5.75 Å². The fraction of sp³-hybridized carbons (Fsp3) is 0.500. The van der Waals surface area contributed by atoms with Gasteiger partial charge in [-0.25, -0.2) is 4.98 Å². The van der Waals surface area contributed by atoms with Gasteiger partial charge >= 0.3 is 5.97 Å². The Kier molecular flexibility index (Phi) is 12.8. The summed E-state index contributed by atoms with van der Waals surface area (Å²) in [5.74, 6) is 0.297. The highest BCUT2D eigenvalue weighted by atomic mass is 16.5. The van der Waals surface area contributed by atoms with Gasteiger partial charge in [0.15, 0.2) is 0 Å². The van der Waals surface area contributed by atoms with Crippen molar-refractivity contribution >= 4 is 5.97 Å². The highest BCUT2D eigenvalue weighted by Crippen LogP contribution is 2.22. The summed E-state index contributed by atoms with van der Waals surface area (Å²) in [6, 6.07) is 7.40. The molecule has 25 heavy (non-hydrogen) atoms. The SMILES string of the molecule is CC.CCC.CCCCOc1ccc(-c2nc(CC(=O)O)co2)cc1. The minimum atomic E-state index is -0.926. The van der Waals surface area contributed by atoms with Gasteiger partial charge in [-0.05, 0) is 30.7 Å². The zero-order chi connectivity index (χ0) is 19.1. The summed E-state index contributed by atoms with van der Waals surface area (Å²) in [6.45, 7) is 11.1. The first-order valence-corrected chi connectivity index (χ1v) is 9.00. The second-order valence-electron chi connectivity index (χ2n) is 5.15. The van der Waals surface area contributed by atoms with Crippen LogP contribution in [0.3, 0.4) is 0 Å². The number of nitrogens with zero attached hydrogens (tertiary/aromatic N) is 1. The van der Waals surface area contributed by atoms with Crippen LogP contribution in [0.25, 0.3) is 11.5 Å². The Morgan fingerprint density at radius 3 is 2.28 bits per heavy atom. The molecule has 1 N–H and O–H groups in total. The van der Waals surface area contributed by atoms with Crippen LogP contribution in [0.1, 0.15) is 59.6 Å².